The fourth-order valence-electron chi connectivity index (χ4n) is 3.57. The standard InChI is InChI=1S/C18H29NO3S.C7H15NO/c1-3-5-6-7-8-9-10-11-18(12-13-18)23(21,22)19-17(20)16-14-15(16)4-2;1-6(8-5)9-7(2,3)4/h3-4,15-16H,1-2,5-14H2,(H,19,20);8H,1H2,2-5H3. The Morgan fingerprint density at radius 2 is 1.72 bits per heavy atom. The van der Waals surface area contributed by atoms with E-state index in [9.17, 15) is 13.2 Å². The van der Waals surface area contributed by atoms with Gasteiger partial charge in [-0.1, -0.05) is 37.8 Å². The molecule has 2 fully saturated rings. The number of allylic oxidation sites excluding steroid dienone is 2. The molecular weight excluding hydrogens is 424 g/mol. The van der Waals surface area contributed by atoms with Crippen LogP contribution in [0.2, 0.25) is 0 Å². The van der Waals surface area contributed by atoms with Gasteiger partial charge in [-0.25, -0.2) is 8.42 Å². The maximum Gasteiger partial charge on any atom is 0.240 e. The first-order valence-electron chi connectivity index (χ1n) is 11.8. The molecule has 2 rings (SSSR count). The molecule has 2 N–H and O–H groups in total. The van der Waals surface area contributed by atoms with Crippen LogP contribution >= 0.6 is 0 Å². The SMILES string of the molecule is C=C(NC)OC(C)(C)C.C=CCCCCCCCC1(S(=O)(=O)NC(=O)C2CC2C=C)CC1. The lowest BCUT2D eigenvalue weighted by atomic mass is 10.1. The van der Waals surface area contributed by atoms with Crippen molar-refractivity contribution in [1.29, 1.82) is 0 Å². The van der Waals surface area contributed by atoms with Crippen LogP contribution in [0.5, 0.6) is 0 Å². The van der Waals surface area contributed by atoms with Crippen molar-refractivity contribution in [2.75, 3.05) is 7.05 Å². The van der Waals surface area contributed by atoms with Crippen molar-refractivity contribution in [2.45, 2.75) is 95.3 Å². The Labute approximate surface area is 196 Å². The maximum absolute atomic E-state index is 12.5. The van der Waals surface area contributed by atoms with E-state index in [0.717, 1.165) is 38.5 Å². The Bertz CT molecular complexity index is 748. The van der Waals surface area contributed by atoms with E-state index in [1.165, 1.54) is 6.42 Å². The van der Waals surface area contributed by atoms with Gasteiger partial charge in [0.25, 0.3) is 0 Å². The topological polar surface area (TPSA) is 84.5 Å². The summed E-state index contributed by atoms with van der Waals surface area (Å²) in [6, 6.07) is 0. The molecule has 0 heterocycles. The van der Waals surface area contributed by atoms with E-state index in [2.05, 4.69) is 29.8 Å². The average molecular weight is 469 g/mol. The van der Waals surface area contributed by atoms with E-state index in [0.29, 0.717) is 25.1 Å². The van der Waals surface area contributed by atoms with Crippen LogP contribution in [0.4, 0.5) is 0 Å². The van der Waals surface area contributed by atoms with Crippen molar-refractivity contribution >= 4 is 15.9 Å². The molecule has 0 bridgehead atoms. The number of carbonyl (C=O) groups is 1. The van der Waals surface area contributed by atoms with Gasteiger partial charge < -0.3 is 10.1 Å². The molecule has 0 aromatic rings. The van der Waals surface area contributed by atoms with Crippen LogP contribution in [0.15, 0.2) is 37.8 Å². The van der Waals surface area contributed by atoms with Crippen LogP contribution in [0.3, 0.4) is 0 Å². The highest BCUT2D eigenvalue weighted by molar-refractivity contribution is 7.91. The lowest BCUT2D eigenvalue weighted by molar-refractivity contribution is -0.120. The number of ether oxygens (including phenoxy) is 1. The van der Waals surface area contributed by atoms with Gasteiger partial charge in [-0.05, 0) is 71.8 Å². The fraction of sp³-hybridized carbons (Fsp3) is 0.720. The first kappa shape index (κ1) is 28.3. The molecule has 0 radical (unpaired) electrons. The molecule has 2 unspecified atom stereocenters. The largest absolute Gasteiger partial charge is 0.474 e. The molecule has 0 saturated heterocycles. The number of rotatable bonds is 14. The van der Waals surface area contributed by atoms with Crippen LogP contribution in [0.1, 0.15) is 85.0 Å². The molecule has 2 saturated carbocycles. The molecule has 2 aliphatic rings. The van der Waals surface area contributed by atoms with Crippen LogP contribution in [-0.2, 0) is 19.6 Å². The number of sulfonamides is 1. The molecule has 1 amide bonds. The molecule has 0 aromatic carbocycles. The lowest BCUT2D eigenvalue weighted by Crippen LogP contribution is -2.40. The number of nitrogens with one attached hydrogen (secondary N) is 2. The molecule has 184 valence electrons. The number of hydrogen-bond donors (Lipinski definition) is 2. The van der Waals surface area contributed by atoms with Gasteiger partial charge in [0.1, 0.15) is 5.60 Å². The molecule has 7 heteroatoms. The lowest BCUT2D eigenvalue weighted by Gasteiger charge is -2.21. The van der Waals surface area contributed by atoms with Crippen LogP contribution < -0.4 is 10.0 Å². The van der Waals surface area contributed by atoms with Crippen molar-refractivity contribution in [3.8, 4) is 0 Å². The second kappa shape index (κ2) is 12.5. The highest BCUT2D eigenvalue weighted by Gasteiger charge is 2.55. The van der Waals surface area contributed by atoms with E-state index in [-0.39, 0.29) is 23.3 Å². The van der Waals surface area contributed by atoms with Crippen molar-refractivity contribution in [2.24, 2.45) is 11.8 Å². The summed E-state index contributed by atoms with van der Waals surface area (Å²) in [4.78, 5) is 12.0. The summed E-state index contributed by atoms with van der Waals surface area (Å²) in [7, 11) is -1.75. The van der Waals surface area contributed by atoms with E-state index in [1.807, 2.05) is 26.8 Å². The summed E-state index contributed by atoms with van der Waals surface area (Å²) in [5.74, 6) is 0.229. The predicted octanol–water partition coefficient (Wildman–Crippen LogP) is 5.20. The average Bonchev–Trinajstić information content (AvgIpc) is 3.60. The first-order chi connectivity index (χ1) is 14.9. The summed E-state index contributed by atoms with van der Waals surface area (Å²) in [6.07, 6.45) is 12.9. The Morgan fingerprint density at radius 3 is 2.16 bits per heavy atom. The van der Waals surface area contributed by atoms with Crippen LogP contribution in [0, 0.1) is 11.8 Å². The smallest absolute Gasteiger partial charge is 0.240 e. The van der Waals surface area contributed by atoms with Crippen molar-refractivity contribution in [3.05, 3.63) is 37.8 Å². The van der Waals surface area contributed by atoms with Gasteiger partial charge in [-0.3, -0.25) is 9.52 Å². The molecule has 2 atom stereocenters. The van der Waals surface area contributed by atoms with E-state index in [1.54, 1.807) is 13.1 Å². The van der Waals surface area contributed by atoms with Gasteiger partial charge in [-0.2, -0.15) is 0 Å². The third-order valence-corrected chi connectivity index (χ3v) is 8.06. The number of amides is 1. The molecule has 32 heavy (non-hydrogen) atoms. The number of hydrogen-bond acceptors (Lipinski definition) is 5. The summed E-state index contributed by atoms with van der Waals surface area (Å²) in [6.45, 7) is 16.9. The molecule has 2 aliphatic carbocycles. The summed E-state index contributed by atoms with van der Waals surface area (Å²) < 4.78 is 31.9. The van der Waals surface area contributed by atoms with E-state index >= 15 is 0 Å². The minimum Gasteiger partial charge on any atom is -0.474 e. The highest BCUT2D eigenvalue weighted by atomic mass is 32.2. The Morgan fingerprint density at radius 1 is 1.12 bits per heavy atom. The van der Waals surface area contributed by atoms with Gasteiger partial charge >= 0.3 is 0 Å². The van der Waals surface area contributed by atoms with Crippen molar-refractivity contribution in [3.63, 3.8) is 0 Å². The molecular formula is C25H44N2O4S. The van der Waals surface area contributed by atoms with Crippen molar-refractivity contribution < 1.29 is 17.9 Å². The third-order valence-electron chi connectivity index (χ3n) is 5.84. The minimum atomic E-state index is -3.53. The van der Waals surface area contributed by atoms with Crippen LogP contribution in [0.25, 0.3) is 0 Å². The van der Waals surface area contributed by atoms with Crippen LogP contribution in [-0.4, -0.2) is 31.7 Å². The Hall–Kier alpha value is -1.76. The second-order valence-electron chi connectivity index (χ2n) is 9.88. The quantitative estimate of drug-likeness (QED) is 0.208. The van der Waals surface area contributed by atoms with Gasteiger partial charge in [0.15, 0.2) is 5.88 Å². The third kappa shape index (κ3) is 9.80. The Kier molecular flexibility index (Phi) is 11.0. The minimum absolute atomic E-state index is 0.139. The second-order valence-corrected chi connectivity index (χ2v) is 12.0. The van der Waals surface area contributed by atoms with E-state index < -0.39 is 14.8 Å². The zero-order chi connectivity index (χ0) is 24.4. The highest BCUT2D eigenvalue weighted by Crippen LogP contribution is 2.48. The summed E-state index contributed by atoms with van der Waals surface area (Å²) in [5.41, 5.74) is -0.139. The number of unbranched alkanes of at least 4 members (excludes halogenated alkanes) is 5. The molecule has 0 aliphatic heterocycles. The predicted molar refractivity (Wildman–Crippen MR) is 132 cm³/mol. The zero-order valence-electron chi connectivity index (χ0n) is 20.5. The van der Waals surface area contributed by atoms with Gasteiger partial charge in [0.05, 0.1) is 4.75 Å². The maximum atomic E-state index is 12.5. The fourth-order valence-corrected chi connectivity index (χ4v) is 5.26. The molecule has 0 spiro atoms. The van der Waals surface area contributed by atoms with Crippen molar-refractivity contribution in [1.82, 2.24) is 10.0 Å². The summed E-state index contributed by atoms with van der Waals surface area (Å²) in [5, 5.41) is 2.80. The monoisotopic (exact) mass is 468 g/mol. The Balaban J connectivity index is 0.000000482. The van der Waals surface area contributed by atoms with Gasteiger partial charge in [-0.15, -0.1) is 13.2 Å². The van der Waals surface area contributed by atoms with Gasteiger partial charge in [0, 0.05) is 13.0 Å². The normalized spacial score (nSPS) is 20.8. The van der Waals surface area contributed by atoms with E-state index in [4.69, 9.17) is 4.74 Å². The summed E-state index contributed by atoms with van der Waals surface area (Å²) >= 11 is 0. The number of carbonyl (C=O) groups excluding carboxylic acids is 1. The molecule has 6 nitrogen and oxygen atoms in total. The first-order valence-corrected chi connectivity index (χ1v) is 13.2. The zero-order valence-corrected chi connectivity index (χ0v) is 21.4. The molecule has 0 aromatic heterocycles. The van der Waals surface area contributed by atoms with Gasteiger partial charge in [0.2, 0.25) is 15.9 Å².